The predicted octanol–water partition coefficient (Wildman–Crippen LogP) is 3.39. The second kappa shape index (κ2) is 12.1. The number of aliphatic hydroxyl groups excluding tert-OH is 1. The fourth-order valence-electron chi connectivity index (χ4n) is 8.11. The third kappa shape index (κ3) is 5.70. The van der Waals surface area contributed by atoms with E-state index in [1.807, 2.05) is 6.92 Å². The molecule has 4 aliphatic carbocycles. The maximum atomic E-state index is 17.1. The summed E-state index contributed by atoms with van der Waals surface area (Å²) in [5.74, 6) is -2.38. The van der Waals surface area contributed by atoms with Gasteiger partial charge in [0.1, 0.15) is 18.9 Å². The molecule has 0 radical (unpaired) electrons. The number of nitrogens with one attached hydrogen (secondary N) is 1. The highest BCUT2D eigenvalue weighted by Gasteiger charge is 2.70. The molecule has 4 aliphatic rings. The highest BCUT2D eigenvalue weighted by atomic mass is 19.1. The van der Waals surface area contributed by atoms with Gasteiger partial charge in [-0.2, -0.15) is 0 Å². The summed E-state index contributed by atoms with van der Waals surface area (Å²) in [6.45, 7) is 2.47. The molecule has 0 aliphatic heterocycles. The molecule has 238 valence electrons. The van der Waals surface area contributed by atoms with Crippen LogP contribution in [0.15, 0.2) is 48.1 Å². The number of allylic oxidation sites excluding steroid dienone is 4. The maximum absolute atomic E-state index is 17.1. The van der Waals surface area contributed by atoms with E-state index in [9.17, 15) is 24.3 Å². The van der Waals surface area contributed by atoms with Crippen LogP contribution in [-0.2, 0) is 30.6 Å². The molecule has 0 heterocycles. The lowest BCUT2D eigenvalue weighted by Gasteiger charge is -2.62. The second-order valence-electron chi connectivity index (χ2n) is 12.5. The van der Waals surface area contributed by atoms with E-state index < -0.39 is 65.0 Å². The molecule has 0 bridgehead atoms. The lowest BCUT2D eigenvalue weighted by atomic mass is 9.45. The lowest BCUT2D eigenvalue weighted by molar-refractivity contribution is -0.497. The average molecular weight is 617 g/mol. The Morgan fingerprint density at radius 3 is 2.52 bits per heavy atom. The molecule has 1 amide bonds. The summed E-state index contributed by atoms with van der Waals surface area (Å²) < 4.78 is 27.4. The zero-order chi connectivity index (χ0) is 31.9. The number of halogens is 1. The fraction of sp³-hybridized carbons (Fsp3) is 0.548. The first-order chi connectivity index (χ1) is 20.8. The van der Waals surface area contributed by atoms with Gasteiger partial charge in [0.05, 0.1) is 18.1 Å². The highest BCUT2D eigenvalue weighted by molar-refractivity contribution is 6.01. The Morgan fingerprint density at radius 1 is 1.09 bits per heavy atom. The number of nitrogens with zero attached hydrogens (tertiary/aromatic N) is 1. The predicted molar refractivity (Wildman–Crippen MR) is 148 cm³/mol. The summed E-state index contributed by atoms with van der Waals surface area (Å²) in [6.07, 6.45) is 4.36. The molecule has 3 fully saturated rings. The van der Waals surface area contributed by atoms with E-state index in [2.05, 4.69) is 10.2 Å². The van der Waals surface area contributed by atoms with Crippen molar-refractivity contribution < 1.29 is 53.4 Å². The minimum atomic E-state index is -1.97. The molecule has 3 saturated carbocycles. The van der Waals surface area contributed by atoms with Gasteiger partial charge in [-0.1, -0.05) is 30.7 Å². The molecule has 7 atom stereocenters. The summed E-state index contributed by atoms with van der Waals surface area (Å²) in [4.78, 5) is 54.2. The van der Waals surface area contributed by atoms with Gasteiger partial charge in [0.2, 0.25) is 0 Å². The summed E-state index contributed by atoms with van der Waals surface area (Å²) in [6, 6.07) is 5.93. The summed E-state index contributed by atoms with van der Waals surface area (Å²) >= 11 is 0. The van der Waals surface area contributed by atoms with E-state index in [0.29, 0.717) is 36.8 Å². The number of carbonyl (C=O) groups excluding carboxylic acids is 4. The molecule has 1 aromatic carbocycles. The fourth-order valence-corrected chi connectivity index (χ4v) is 8.11. The number of carbonyl (C=O) groups is 4. The van der Waals surface area contributed by atoms with Crippen LogP contribution in [0.2, 0.25) is 0 Å². The number of benzene rings is 1. The van der Waals surface area contributed by atoms with E-state index in [1.54, 1.807) is 13.0 Å². The Balaban J connectivity index is 1.13. The number of alkyl halides is 1. The molecule has 13 heteroatoms. The van der Waals surface area contributed by atoms with Crippen LogP contribution in [0.4, 0.5) is 9.18 Å². The molecular formula is C31H37FN2O10. The number of ether oxygens (including phenoxy) is 2. The normalized spacial score (nSPS) is 34.0. The Bertz CT molecular complexity index is 1380. The molecular weight excluding hydrogens is 579 g/mol. The number of Topliss-reactive ketones (excluding diaryl/α,β-unsaturated/α-hetero) is 1. The second-order valence-corrected chi connectivity index (χ2v) is 12.5. The van der Waals surface area contributed by atoms with Gasteiger partial charge in [0.25, 0.3) is 0 Å². The van der Waals surface area contributed by atoms with Crippen LogP contribution in [-0.4, -0.2) is 69.5 Å². The van der Waals surface area contributed by atoms with Crippen LogP contribution in [0.3, 0.4) is 0 Å². The van der Waals surface area contributed by atoms with E-state index in [1.165, 1.54) is 36.4 Å². The molecule has 0 spiro atoms. The Kier molecular flexibility index (Phi) is 8.80. The van der Waals surface area contributed by atoms with E-state index in [0.717, 1.165) is 0 Å². The van der Waals surface area contributed by atoms with Gasteiger partial charge in [0.15, 0.2) is 17.2 Å². The number of aliphatic hydroxyl groups is 1. The number of hydrogen-bond donors (Lipinski definition) is 4. The van der Waals surface area contributed by atoms with Crippen molar-refractivity contribution in [3.8, 4) is 5.75 Å². The maximum Gasteiger partial charge on any atom is 0.413 e. The first-order valence-corrected chi connectivity index (χ1v) is 14.6. The van der Waals surface area contributed by atoms with Crippen molar-refractivity contribution in [2.75, 3.05) is 13.2 Å². The largest absolute Gasteiger partial charge is 0.456 e. The Morgan fingerprint density at radius 2 is 1.82 bits per heavy atom. The van der Waals surface area contributed by atoms with Crippen LogP contribution < -0.4 is 10.1 Å². The smallest absolute Gasteiger partial charge is 0.413 e. The SMILES string of the molecule is C[C@]12C[C@H](O)C3(F)[C@@H](CCC4=CC(=O)C=C[C@@]43C)C1CCC2C(=O)COC(=O)CNC(=O)Oc1ccc(CON(O)O)cc1. The van der Waals surface area contributed by atoms with Gasteiger partial charge in [-0.05, 0) is 80.2 Å². The van der Waals surface area contributed by atoms with Gasteiger partial charge < -0.3 is 19.9 Å². The highest BCUT2D eigenvalue weighted by Crippen LogP contribution is 2.68. The summed E-state index contributed by atoms with van der Waals surface area (Å²) in [5, 5.41) is 30.3. The minimum absolute atomic E-state index is 0.0718. The molecule has 0 aromatic heterocycles. The van der Waals surface area contributed by atoms with Crippen LogP contribution >= 0.6 is 0 Å². The van der Waals surface area contributed by atoms with Gasteiger partial charge in [0, 0.05) is 17.3 Å². The van der Waals surface area contributed by atoms with E-state index >= 15 is 4.39 Å². The molecule has 1 aromatic rings. The average Bonchev–Trinajstić information content (AvgIpc) is 3.32. The number of hydrogen-bond acceptors (Lipinski definition) is 11. The first kappa shape index (κ1) is 31.9. The van der Waals surface area contributed by atoms with Crippen molar-refractivity contribution in [2.45, 2.75) is 64.3 Å². The number of rotatable bonds is 9. The van der Waals surface area contributed by atoms with Crippen LogP contribution in [0.1, 0.15) is 51.5 Å². The number of esters is 1. The zero-order valence-electron chi connectivity index (χ0n) is 24.5. The quantitative estimate of drug-likeness (QED) is 0.237. The Hall–Kier alpha value is -3.49. The minimum Gasteiger partial charge on any atom is -0.456 e. The molecule has 12 nitrogen and oxygen atoms in total. The van der Waals surface area contributed by atoms with Gasteiger partial charge in [-0.15, -0.1) is 0 Å². The van der Waals surface area contributed by atoms with Crippen molar-refractivity contribution in [3.05, 3.63) is 53.6 Å². The van der Waals surface area contributed by atoms with Crippen molar-refractivity contribution >= 4 is 23.6 Å². The standard InChI is InChI=1S/C31H37FN2O10/c1-29-14-26(37)31(32)23(8-5-19-13-20(35)11-12-30(19,31)2)22(29)9-10-24(29)25(36)17-42-27(38)15-33-28(39)44-21-6-3-18(4-7-21)16-43-34(40)41/h3-4,6-7,11-13,22-24,26,37,40-41H,5,8-10,14-17H2,1-2H3,(H,33,39)/t22?,23-,24?,26-,29-,30-,31?/m0/s1. The van der Waals surface area contributed by atoms with Crippen LogP contribution in [0, 0.1) is 28.6 Å². The van der Waals surface area contributed by atoms with E-state index in [-0.39, 0.29) is 36.3 Å². The molecule has 0 saturated heterocycles. The van der Waals surface area contributed by atoms with Crippen molar-refractivity contribution in [2.24, 2.45) is 28.6 Å². The van der Waals surface area contributed by atoms with E-state index in [4.69, 9.17) is 19.9 Å². The molecule has 3 unspecified atom stereocenters. The molecule has 44 heavy (non-hydrogen) atoms. The van der Waals surface area contributed by atoms with Gasteiger partial charge in [-0.3, -0.25) is 24.8 Å². The Labute approximate surface area is 253 Å². The third-order valence-corrected chi connectivity index (χ3v) is 10.3. The summed E-state index contributed by atoms with van der Waals surface area (Å²) in [7, 11) is 0. The number of fused-ring (bicyclic) bond motifs is 5. The van der Waals surface area contributed by atoms with Gasteiger partial charge >= 0.3 is 12.1 Å². The summed E-state index contributed by atoms with van der Waals surface area (Å²) in [5.41, 5.74) is -2.50. The molecule has 5 rings (SSSR count). The van der Waals surface area contributed by atoms with Crippen molar-refractivity contribution in [1.82, 2.24) is 10.7 Å². The topological polar surface area (TPSA) is 172 Å². The monoisotopic (exact) mass is 616 g/mol. The van der Waals surface area contributed by atoms with Gasteiger partial charge in [-0.25, -0.2) is 14.0 Å². The third-order valence-electron chi connectivity index (χ3n) is 10.3. The first-order valence-electron chi connectivity index (χ1n) is 14.6. The van der Waals surface area contributed by atoms with Crippen molar-refractivity contribution in [3.63, 3.8) is 0 Å². The number of amides is 1. The van der Waals surface area contributed by atoms with Crippen LogP contribution in [0.25, 0.3) is 0 Å². The van der Waals surface area contributed by atoms with Crippen LogP contribution in [0.5, 0.6) is 5.75 Å². The number of ketones is 2. The lowest BCUT2D eigenvalue weighted by Crippen LogP contribution is -2.66. The molecule has 4 N–H and O–H groups in total. The van der Waals surface area contributed by atoms with Crippen molar-refractivity contribution in [1.29, 1.82) is 0 Å². The zero-order valence-corrected chi connectivity index (χ0v) is 24.5.